The molecule has 1 aromatic heterocycles. The van der Waals surface area contributed by atoms with Crippen LogP contribution in [0.3, 0.4) is 0 Å². The van der Waals surface area contributed by atoms with Gasteiger partial charge in [0.25, 0.3) is 0 Å². The van der Waals surface area contributed by atoms with Gasteiger partial charge in [0.2, 0.25) is 0 Å². The summed E-state index contributed by atoms with van der Waals surface area (Å²) in [5, 5.41) is 3.42. The monoisotopic (exact) mass is 258 g/mol. The largest absolute Gasteiger partial charge is 0.496 e. The molecular weight excluding hydrogens is 236 g/mol. The quantitative estimate of drug-likeness (QED) is 0.861. The highest BCUT2D eigenvalue weighted by Crippen LogP contribution is 2.20. The summed E-state index contributed by atoms with van der Waals surface area (Å²) in [6.07, 6.45) is 4.31. The fourth-order valence-electron chi connectivity index (χ4n) is 2.27. The summed E-state index contributed by atoms with van der Waals surface area (Å²) in [4.78, 5) is 0. The Morgan fingerprint density at radius 1 is 1.26 bits per heavy atom. The van der Waals surface area contributed by atoms with Gasteiger partial charge in [-0.05, 0) is 31.2 Å². The van der Waals surface area contributed by atoms with Gasteiger partial charge in [0.05, 0.1) is 13.7 Å². The molecule has 0 spiro atoms. The molecule has 0 radical (unpaired) electrons. The standard InChI is InChI=1S/C16H22N2O/c1-4-17-13(2)14-9-10-18(11-14)12-15-7-5-6-8-16(15)19-3/h5-11,13,17H,4,12H2,1-3H3. The van der Waals surface area contributed by atoms with Gasteiger partial charge in [-0.25, -0.2) is 0 Å². The van der Waals surface area contributed by atoms with Crippen LogP contribution in [0.5, 0.6) is 5.75 Å². The number of benzene rings is 1. The zero-order valence-electron chi connectivity index (χ0n) is 11.9. The van der Waals surface area contributed by atoms with E-state index in [1.165, 1.54) is 11.1 Å². The first kappa shape index (κ1) is 13.7. The molecule has 1 N–H and O–H groups in total. The van der Waals surface area contributed by atoms with E-state index in [0.29, 0.717) is 6.04 Å². The Morgan fingerprint density at radius 3 is 2.79 bits per heavy atom. The molecule has 0 bridgehead atoms. The van der Waals surface area contributed by atoms with E-state index in [2.05, 4.69) is 48.3 Å². The lowest BCUT2D eigenvalue weighted by molar-refractivity contribution is 0.408. The van der Waals surface area contributed by atoms with Crippen LogP contribution in [0.25, 0.3) is 0 Å². The van der Waals surface area contributed by atoms with E-state index in [1.807, 2.05) is 18.2 Å². The Morgan fingerprint density at radius 2 is 2.05 bits per heavy atom. The van der Waals surface area contributed by atoms with Gasteiger partial charge in [-0.15, -0.1) is 0 Å². The van der Waals surface area contributed by atoms with Crippen LogP contribution in [0.4, 0.5) is 0 Å². The molecule has 0 aliphatic rings. The molecule has 0 aliphatic carbocycles. The molecule has 19 heavy (non-hydrogen) atoms. The lowest BCUT2D eigenvalue weighted by atomic mass is 10.2. The van der Waals surface area contributed by atoms with Gasteiger partial charge in [-0.3, -0.25) is 0 Å². The maximum Gasteiger partial charge on any atom is 0.123 e. The van der Waals surface area contributed by atoms with Crippen molar-refractivity contribution in [2.75, 3.05) is 13.7 Å². The minimum Gasteiger partial charge on any atom is -0.496 e. The summed E-state index contributed by atoms with van der Waals surface area (Å²) in [5.41, 5.74) is 2.51. The zero-order valence-corrected chi connectivity index (χ0v) is 11.9. The highest BCUT2D eigenvalue weighted by Gasteiger charge is 2.07. The Kier molecular flexibility index (Phi) is 4.63. The lowest BCUT2D eigenvalue weighted by Gasteiger charge is -2.11. The highest BCUT2D eigenvalue weighted by molar-refractivity contribution is 5.33. The molecule has 1 atom stereocenters. The number of rotatable bonds is 6. The first-order valence-electron chi connectivity index (χ1n) is 6.75. The topological polar surface area (TPSA) is 26.2 Å². The van der Waals surface area contributed by atoms with Crippen LogP contribution in [0.15, 0.2) is 42.7 Å². The summed E-state index contributed by atoms with van der Waals surface area (Å²) >= 11 is 0. The van der Waals surface area contributed by atoms with Crippen molar-refractivity contribution in [1.29, 1.82) is 0 Å². The molecule has 0 amide bonds. The predicted molar refractivity (Wildman–Crippen MR) is 78.6 cm³/mol. The highest BCUT2D eigenvalue weighted by atomic mass is 16.5. The van der Waals surface area contributed by atoms with E-state index in [-0.39, 0.29) is 0 Å². The molecule has 3 nitrogen and oxygen atoms in total. The van der Waals surface area contributed by atoms with Gasteiger partial charge in [0.15, 0.2) is 0 Å². The number of nitrogens with zero attached hydrogens (tertiary/aromatic N) is 1. The van der Waals surface area contributed by atoms with Crippen LogP contribution in [0, 0.1) is 0 Å². The molecule has 0 saturated carbocycles. The lowest BCUT2D eigenvalue weighted by Crippen LogP contribution is -2.17. The molecule has 1 aromatic carbocycles. The van der Waals surface area contributed by atoms with Gasteiger partial charge >= 0.3 is 0 Å². The van der Waals surface area contributed by atoms with Crippen molar-refractivity contribution in [1.82, 2.24) is 9.88 Å². The van der Waals surface area contributed by atoms with E-state index in [4.69, 9.17) is 4.74 Å². The van der Waals surface area contributed by atoms with Crippen LogP contribution in [-0.2, 0) is 6.54 Å². The molecular formula is C16H22N2O. The van der Waals surface area contributed by atoms with Crippen LogP contribution in [-0.4, -0.2) is 18.2 Å². The second-order valence-corrected chi connectivity index (χ2v) is 4.71. The minimum absolute atomic E-state index is 0.393. The third-order valence-corrected chi connectivity index (χ3v) is 3.33. The number of methoxy groups -OCH3 is 1. The van der Waals surface area contributed by atoms with Crippen molar-refractivity contribution < 1.29 is 4.74 Å². The molecule has 2 aromatic rings. The second-order valence-electron chi connectivity index (χ2n) is 4.71. The number of hydrogen-bond donors (Lipinski definition) is 1. The molecule has 0 fully saturated rings. The van der Waals surface area contributed by atoms with E-state index in [9.17, 15) is 0 Å². The Hall–Kier alpha value is -1.74. The van der Waals surface area contributed by atoms with E-state index >= 15 is 0 Å². The first-order valence-corrected chi connectivity index (χ1v) is 6.75. The molecule has 1 unspecified atom stereocenters. The summed E-state index contributed by atoms with van der Waals surface area (Å²) < 4.78 is 7.58. The number of ether oxygens (including phenoxy) is 1. The zero-order chi connectivity index (χ0) is 13.7. The number of hydrogen-bond acceptors (Lipinski definition) is 2. The molecule has 102 valence electrons. The van der Waals surface area contributed by atoms with Crippen LogP contribution in [0.2, 0.25) is 0 Å². The fourth-order valence-corrected chi connectivity index (χ4v) is 2.27. The maximum absolute atomic E-state index is 5.38. The molecule has 2 rings (SSSR count). The van der Waals surface area contributed by atoms with Crippen LogP contribution >= 0.6 is 0 Å². The number of aromatic nitrogens is 1. The molecule has 0 saturated heterocycles. The van der Waals surface area contributed by atoms with Gasteiger partial charge in [0, 0.05) is 24.0 Å². The van der Waals surface area contributed by atoms with Gasteiger partial charge < -0.3 is 14.6 Å². The number of para-hydroxylation sites is 1. The predicted octanol–water partition coefficient (Wildman–Crippen LogP) is 3.22. The SMILES string of the molecule is CCNC(C)c1ccn(Cc2ccccc2OC)c1. The molecule has 0 aliphatic heterocycles. The minimum atomic E-state index is 0.393. The summed E-state index contributed by atoms with van der Waals surface area (Å²) in [5.74, 6) is 0.942. The normalized spacial score (nSPS) is 12.4. The average molecular weight is 258 g/mol. The third kappa shape index (κ3) is 3.38. The van der Waals surface area contributed by atoms with Crippen molar-refractivity contribution in [3.8, 4) is 5.75 Å². The third-order valence-electron chi connectivity index (χ3n) is 3.33. The van der Waals surface area contributed by atoms with Crippen molar-refractivity contribution in [3.05, 3.63) is 53.9 Å². The summed E-state index contributed by atoms with van der Waals surface area (Å²) in [6, 6.07) is 10.7. The second kappa shape index (κ2) is 6.43. The Balaban J connectivity index is 2.11. The van der Waals surface area contributed by atoms with Gasteiger partial charge in [-0.2, -0.15) is 0 Å². The van der Waals surface area contributed by atoms with Gasteiger partial charge in [0.1, 0.15) is 5.75 Å². The van der Waals surface area contributed by atoms with Crippen molar-refractivity contribution in [2.24, 2.45) is 0 Å². The average Bonchev–Trinajstić information content (AvgIpc) is 2.88. The maximum atomic E-state index is 5.38. The fraction of sp³-hybridized carbons (Fsp3) is 0.375. The smallest absolute Gasteiger partial charge is 0.123 e. The summed E-state index contributed by atoms with van der Waals surface area (Å²) in [7, 11) is 1.72. The molecule has 1 heterocycles. The van der Waals surface area contributed by atoms with E-state index in [0.717, 1.165) is 18.8 Å². The Labute approximate surface area is 115 Å². The molecule has 3 heteroatoms. The van der Waals surface area contributed by atoms with Crippen molar-refractivity contribution in [2.45, 2.75) is 26.4 Å². The van der Waals surface area contributed by atoms with Gasteiger partial charge in [-0.1, -0.05) is 25.1 Å². The number of nitrogens with one attached hydrogen (secondary N) is 1. The van der Waals surface area contributed by atoms with E-state index < -0.39 is 0 Å². The van der Waals surface area contributed by atoms with Crippen LogP contribution in [0.1, 0.15) is 31.0 Å². The summed E-state index contributed by atoms with van der Waals surface area (Å²) in [6.45, 7) is 6.14. The van der Waals surface area contributed by atoms with Crippen molar-refractivity contribution in [3.63, 3.8) is 0 Å². The van der Waals surface area contributed by atoms with Crippen LogP contribution < -0.4 is 10.1 Å². The Bertz CT molecular complexity index is 519. The van der Waals surface area contributed by atoms with Crippen molar-refractivity contribution >= 4 is 0 Å². The van der Waals surface area contributed by atoms with E-state index in [1.54, 1.807) is 7.11 Å². The first-order chi connectivity index (χ1) is 9.24.